The summed E-state index contributed by atoms with van der Waals surface area (Å²) in [4.78, 5) is 11.1. The van der Waals surface area contributed by atoms with Gasteiger partial charge in [-0.3, -0.25) is 0 Å². The van der Waals surface area contributed by atoms with Crippen LogP contribution in [0.25, 0.3) is 11.0 Å². The van der Waals surface area contributed by atoms with Gasteiger partial charge in [-0.05, 0) is 18.6 Å². The maximum Gasteiger partial charge on any atom is 0.145 e. The molecular weight excluding hydrogens is 248 g/mol. The largest absolute Gasteiger partial charge is 0.352 e. The van der Waals surface area contributed by atoms with Crippen molar-refractivity contribution in [1.82, 2.24) is 14.5 Å². The van der Waals surface area contributed by atoms with Crippen molar-refractivity contribution in [2.75, 3.05) is 11.4 Å². The number of benzene rings is 1. The van der Waals surface area contributed by atoms with E-state index in [0.29, 0.717) is 0 Å². The number of anilines is 1. The van der Waals surface area contributed by atoms with Gasteiger partial charge in [-0.25, -0.2) is 9.97 Å². The molecule has 0 unspecified atom stereocenters. The zero-order valence-electron chi connectivity index (χ0n) is 11.8. The van der Waals surface area contributed by atoms with Crippen LogP contribution in [0.3, 0.4) is 0 Å². The third-order valence-corrected chi connectivity index (χ3v) is 3.54. The summed E-state index contributed by atoms with van der Waals surface area (Å²) in [6.07, 6.45) is 3.67. The Kier molecular flexibility index (Phi) is 3.37. The van der Waals surface area contributed by atoms with Crippen molar-refractivity contribution in [1.29, 1.82) is 0 Å². The van der Waals surface area contributed by atoms with Gasteiger partial charge in [0.2, 0.25) is 0 Å². The molecule has 3 rings (SSSR count). The average Bonchev–Trinajstić information content (AvgIpc) is 2.88. The molecule has 3 aromatic rings. The minimum atomic E-state index is 0.859. The lowest BCUT2D eigenvalue weighted by atomic mass is 10.2. The maximum atomic E-state index is 4.49. The van der Waals surface area contributed by atoms with E-state index < -0.39 is 0 Å². The number of aryl methyl sites for hydroxylation is 1. The van der Waals surface area contributed by atoms with Crippen LogP contribution in [0.4, 0.5) is 5.82 Å². The van der Waals surface area contributed by atoms with Crippen molar-refractivity contribution in [3.63, 3.8) is 0 Å². The Morgan fingerprint density at radius 1 is 1.10 bits per heavy atom. The van der Waals surface area contributed by atoms with E-state index in [4.69, 9.17) is 0 Å². The Bertz CT molecular complexity index is 703. The molecule has 4 nitrogen and oxygen atoms in total. The third kappa shape index (κ3) is 2.25. The van der Waals surface area contributed by atoms with Crippen LogP contribution in [0.2, 0.25) is 0 Å². The predicted octanol–water partition coefficient (Wildman–Crippen LogP) is 2.99. The van der Waals surface area contributed by atoms with Crippen LogP contribution in [0.15, 0.2) is 48.9 Å². The molecule has 20 heavy (non-hydrogen) atoms. The zero-order valence-corrected chi connectivity index (χ0v) is 11.8. The molecule has 1 aromatic carbocycles. The fourth-order valence-electron chi connectivity index (χ4n) is 2.46. The Balaban J connectivity index is 1.99. The first-order valence-electron chi connectivity index (χ1n) is 6.84. The Morgan fingerprint density at radius 2 is 1.90 bits per heavy atom. The average molecular weight is 266 g/mol. The summed E-state index contributed by atoms with van der Waals surface area (Å²) >= 11 is 0. The fraction of sp³-hybridized carbons (Fsp3) is 0.250. The molecule has 0 N–H and O–H groups in total. The van der Waals surface area contributed by atoms with Gasteiger partial charge in [-0.15, -0.1) is 0 Å². The molecule has 0 saturated carbocycles. The second-order valence-corrected chi connectivity index (χ2v) is 4.86. The summed E-state index contributed by atoms with van der Waals surface area (Å²) in [6.45, 7) is 3.92. The lowest BCUT2D eigenvalue weighted by Gasteiger charge is -2.22. The highest BCUT2D eigenvalue weighted by Crippen LogP contribution is 2.24. The highest BCUT2D eigenvalue weighted by molar-refractivity contribution is 5.87. The van der Waals surface area contributed by atoms with E-state index in [1.165, 1.54) is 5.56 Å². The molecule has 2 heterocycles. The molecule has 0 saturated heterocycles. The van der Waals surface area contributed by atoms with E-state index in [-0.39, 0.29) is 0 Å². The first-order chi connectivity index (χ1) is 9.79. The van der Waals surface area contributed by atoms with Crippen LogP contribution in [-0.2, 0) is 13.6 Å². The molecule has 0 amide bonds. The second-order valence-electron chi connectivity index (χ2n) is 4.86. The van der Waals surface area contributed by atoms with E-state index in [9.17, 15) is 0 Å². The van der Waals surface area contributed by atoms with E-state index in [0.717, 1.165) is 29.9 Å². The van der Waals surface area contributed by atoms with E-state index in [2.05, 4.69) is 52.1 Å². The van der Waals surface area contributed by atoms with Gasteiger partial charge < -0.3 is 9.47 Å². The van der Waals surface area contributed by atoms with Gasteiger partial charge in [0.1, 0.15) is 17.8 Å². The third-order valence-electron chi connectivity index (χ3n) is 3.54. The Labute approximate surface area is 118 Å². The number of fused-ring (bicyclic) bond motifs is 1. The van der Waals surface area contributed by atoms with Gasteiger partial charge in [0.15, 0.2) is 0 Å². The number of hydrogen-bond donors (Lipinski definition) is 0. The fourth-order valence-corrected chi connectivity index (χ4v) is 2.46. The van der Waals surface area contributed by atoms with Crippen molar-refractivity contribution < 1.29 is 0 Å². The predicted molar refractivity (Wildman–Crippen MR) is 81.7 cm³/mol. The summed E-state index contributed by atoms with van der Waals surface area (Å²) in [5.41, 5.74) is 2.26. The highest BCUT2D eigenvalue weighted by Gasteiger charge is 2.12. The molecule has 4 heteroatoms. The highest BCUT2D eigenvalue weighted by atomic mass is 15.2. The van der Waals surface area contributed by atoms with E-state index in [1.54, 1.807) is 6.33 Å². The summed E-state index contributed by atoms with van der Waals surface area (Å²) in [6, 6.07) is 12.6. The summed E-state index contributed by atoms with van der Waals surface area (Å²) < 4.78 is 2.02. The number of rotatable bonds is 4. The van der Waals surface area contributed by atoms with Crippen LogP contribution in [0, 0.1) is 0 Å². The first kappa shape index (κ1) is 12.7. The first-order valence-corrected chi connectivity index (χ1v) is 6.84. The van der Waals surface area contributed by atoms with E-state index in [1.807, 2.05) is 23.9 Å². The molecular formula is C16H18N4. The van der Waals surface area contributed by atoms with Gasteiger partial charge in [0.05, 0.1) is 5.39 Å². The van der Waals surface area contributed by atoms with Gasteiger partial charge in [0.25, 0.3) is 0 Å². The summed E-state index contributed by atoms with van der Waals surface area (Å²) in [5, 5.41) is 1.10. The van der Waals surface area contributed by atoms with Crippen LogP contribution in [0.1, 0.15) is 12.5 Å². The Hall–Kier alpha value is -2.36. The molecule has 0 fully saturated rings. The lowest BCUT2D eigenvalue weighted by molar-refractivity contribution is 0.815. The van der Waals surface area contributed by atoms with Crippen molar-refractivity contribution >= 4 is 16.9 Å². The molecule has 2 aromatic heterocycles. The minimum Gasteiger partial charge on any atom is -0.352 e. The Morgan fingerprint density at radius 3 is 2.65 bits per heavy atom. The summed E-state index contributed by atoms with van der Waals surface area (Å²) in [5.74, 6) is 1.00. The second kappa shape index (κ2) is 5.33. The molecule has 0 radical (unpaired) electrons. The smallest absolute Gasteiger partial charge is 0.145 e. The zero-order chi connectivity index (χ0) is 13.9. The minimum absolute atomic E-state index is 0.859. The van der Waals surface area contributed by atoms with Gasteiger partial charge in [-0.2, -0.15) is 0 Å². The monoisotopic (exact) mass is 266 g/mol. The van der Waals surface area contributed by atoms with Crippen molar-refractivity contribution in [2.24, 2.45) is 7.05 Å². The normalized spacial score (nSPS) is 10.9. The maximum absolute atomic E-state index is 4.49. The lowest BCUT2D eigenvalue weighted by Crippen LogP contribution is -2.23. The van der Waals surface area contributed by atoms with E-state index >= 15 is 0 Å². The quantitative estimate of drug-likeness (QED) is 0.728. The standard InChI is InChI=1S/C16H18N4/c1-3-20(11-13-7-5-4-6-8-13)16-14-9-10-19(2)15(14)17-12-18-16/h4-10,12H,3,11H2,1-2H3. The SMILES string of the molecule is CCN(Cc1ccccc1)c1ncnc2c1ccn2C. The van der Waals surface area contributed by atoms with Crippen LogP contribution < -0.4 is 4.90 Å². The van der Waals surface area contributed by atoms with Crippen molar-refractivity contribution in [3.05, 3.63) is 54.5 Å². The van der Waals surface area contributed by atoms with Crippen molar-refractivity contribution in [2.45, 2.75) is 13.5 Å². The van der Waals surface area contributed by atoms with Crippen LogP contribution in [0.5, 0.6) is 0 Å². The number of hydrogen-bond acceptors (Lipinski definition) is 3. The van der Waals surface area contributed by atoms with Crippen LogP contribution >= 0.6 is 0 Å². The molecule has 0 aliphatic heterocycles. The van der Waals surface area contributed by atoms with Gasteiger partial charge >= 0.3 is 0 Å². The molecule has 102 valence electrons. The molecule has 0 bridgehead atoms. The topological polar surface area (TPSA) is 34.0 Å². The summed E-state index contributed by atoms with van der Waals surface area (Å²) in [7, 11) is 2.01. The van der Waals surface area contributed by atoms with Crippen molar-refractivity contribution in [3.8, 4) is 0 Å². The molecule has 0 aliphatic carbocycles. The van der Waals surface area contributed by atoms with Gasteiger partial charge in [-0.1, -0.05) is 30.3 Å². The number of nitrogens with zero attached hydrogens (tertiary/aromatic N) is 4. The van der Waals surface area contributed by atoms with Crippen LogP contribution in [-0.4, -0.2) is 21.1 Å². The molecule has 0 atom stereocenters. The molecule has 0 aliphatic rings. The molecule has 0 spiro atoms. The van der Waals surface area contributed by atoms with Gasteiger partial charge in [0, 0.05) is 26.3 Å². The number of aromatic nitrogens is 3.